The van der Waals surface area contributed by atoms with Crippen molar-refractivity contribution in [2.24, 2.45) is 0 Å². The van der Waals surface area contributed by atoms with Crippen LogP contribution in [0.2, 0.25) is 0 Å². The van der Waals surface area contributed by atoms with Gasteiger partial charge in [0.2, 0.25) is 0 Å². The van der Waals surface area contributed by atoms with Crippen molar-refractivity contribution in [3.05, 3.63) is 27.2 Å². The van der Waals surface area contributed by atoms with Gasteiger partial charge >= 0.3 is 5.97 Å². The third-order valence-corrected chi connectivity index (χ3v) is 5.95. The topological polar surface area (TPSA) is 92.9 Å². The summed E-state index contributed by atoms with van der Waals surface area (Å²) in [4.78, 5) is 32.2. The number of hydrogen-bond donors (Lipinski definition) is 0. The number of rotatable bonds is 8. The van der Waals surface area contributed by atoms with Crippen molar-refractivity contribution in [3.8, 4) is 6.07 Å². The van der Waals surface area contributed by atoms with Crippen LogP contribution in [0.1, 0.15) is 29.2 Å². The molecule has 1 atom stereocenters. The first kappa shape index (κ1) is 18.6. The highest BCUT2D eigenvalue weighted by atomic mass is 32.2. The second-order valence-electron chi connectivity index (χ2n) is 4.73. The molecule has 2 rings (SSSR count). The Morgan fingerprint density at radius 3 is 2.79 bits per heavy atom. The number of nitriles is 1. The molecule has 0 radical (unpaired) electrons. The Hall–Kier alpha value is -1.76. The quantitative estimate of drug-likeness (QED) is 0.512. The van der Waals surface area contributed by atoms with Gasteiger partial charge in [0.25, 0.3) is 0 Å². The van der Waals surface area contributed by atoms with Crippen LogP contribution in [0.25, 0.3) is 0 Å². The second kappa shape index (κ2) is 8.92. The first-order chi connectivity index (χ1) is 11.5. The van der Waals surface area contributed by atoms with E-state index in [4.69, 9.17) is 4.74 Å². The van der Waals surface area contributed by atoms with Crippen LogP contribution in [0.15, 0.2) is 15.1 Å². The van der Waals surface area contributed by atoms with Gasteiger partial charge in [-0.25, -0.2) is 9.97 Å². The SMILES string of the molecule is CCOC(=O)Cc1csc(SCC(=O)C(C#N)c2nc(C)cs2)n1. The molecule has 0 saturated heterocycles. The first-order valence-electron chi connectivity index (χ1n) is 7.10. The predicted octanol–water partition coefficient (Wildman–Crippen LogP) is 2.98. The number of nitrogens with zero attached hydrogens (tertiary/aromatic N) is 3. The minimum Gasteiger partial charge on any atom is -0.466 e. The highest BCUT2D eigenvalue weighted by molar-refractivity contribution is 8.01. The van der Waals surface area contributed by atoms with Crippen LogP contribution in [0.3, 0.4) is 0 Å². The molecule has 6 nitrogen and oxygen atoms in total. The Labute approximate surface area is 151 Å². The molecular formula is C15H15N3O3S3. The van der Waals surface area contributed by atoms with Crippen LogP contribution < -0.4 is 0 Å². The molecule has 24 heavy (non-hydrogen) atoms. The maximum Gasteiger partial charge on any atom is 0.311 e. The van der Waals surface area contributed by atoms with Crippen LogP contribution >= 0.6 is 34.4 Å². The maximum absolute atomic E-state index is 12.3. The van der Waals surface area contributed by atoms with Gasteiger partial charge in [0.15, 0.2) is 16.0 Å². The van der Waals surface area contributed by atoms with Gasteiger partial charge in [-0.2, -0.15) is 5.26 Å². The van der Waals surface area contributed by atoms with E-state index in [2.05, 4.69) is 9.97 Å². The predicted molar refractivity (Wildman–Crippen MR) is 93.4 cm³/mol. The summed E-state index contributed by atoms with van der Waals surface area (Å²) in [5.41, 5.74) is 1.43. The molecule has 0 aliphatic heterocycles. The number of aryl methyl sites for hydroxylation is 1. The van der Waals surface area contributed by atoms with Gasteiger partial charge in [-0.15, -0.1) is 22.7 Å². The van der Waals surface area contributed by atoms with Gasteiger partial charge in [0, 0.05) is 16.5 Å². The largest absolute Gasteiger partial charge is 0.466 e. The molecule has 0 N–H and O–H groups in total. The number of hydrogen-bond acceptors (Lipinski definition) is 9. The lowest BCUT2D eigenvalue weighted by Gasteiger charge is -2.03. The standard InChI is InChI=1S/C15H15N3O3S3/c1-3-21-13(20)4-10-7-23-15(18-10)24-8-12(19)11(5-16)14-17-9(2)6-22-14/h6-7,11H,3-4,8H2,1-2H3. The number of carbonyl (C=O) groups is 2. The van der Waals surface area contributed by atoms with E-state index in [9.17, 15) is 14.9 Å². The van der Waals surface area contributed by atoms with Crippen LogP contribution in [0, 0.1) is 18.3 Å². The Bertz CT molecular complexity index is 763. The normalized spacial score (nSPS) is 11.7. The zero-order valence-corrected chi connectivity index (χ0v) is 15.6. The summed E-state index contributed by atoms with van der Waals surface area (Å²) in [5, 5.41) is 13.4. The highest BCUT2D eigenvalue weighted by Crippen LogP contribution is 2.27. The summed E-state index contributed by atoms with van der Waals surface area (Å²) in [6.07, 6.45) is 0.123. The Balaban J connectivity index is 1.91. The fraction of sp³-hybridized carbons (Fsp3) is 0.400. The molecule has 2 aromatic heterocycles. The van der Waals surface area contributed by atoms with Crippen molar-refractivity contribution < 1.29 is 14.3 Å². The third-order valence-electron chi connectivity index (χ3n) is 2.83. The van der Waals surface area contributed by atoms with Gasteiger partial charge in [0.05, 0.1) is 30.5 Å². The van der Waals surface area contributed by atoms with Crippen LogP contribution in [-0.2, 0) is 20.7 Å². The Kier molecular flexibility index (Phi) is 6.90. The molecule has 0 bridgehead atoms. The molecule has 0 saturated carbocycles. The number of Topliss-reactive ketones (excluding diaryl/α,β-unsaturated/α-hetero) is 1. The molecular weight excluding hydrogens is 366 g/mol. The third kappa shape index (κ3) is 5.12. The van der Waals surface area contributed by atoms with E-state index in [0.717, 1.165) is 5.69 Å². The summed E-state index contributed by atoms with van der Waals surface area (Å²) in [6.45, 7) is 3.92. The number of ketones is 1. The highest BCUT2D eigenvalue weighted by Gasteiger charge is 2.23. The fourth-order valence-electron chi connectivity index (χ4n) is 1.78. The van der Waals surface area contributed by atoms with E-state index in [1.807, 2.05) is 18.4 Å². The molecule has 2 heterocycles. The molecule has 126 valence electrons. The lowest BCUT2D eigenvalue weighted by molar-refractivity contribution is -0.142. The summed E-state index contributed by atoms with van der Waals surface area (Å²) in [5.74, 6) is -1.21. The smallest absolute Gasteiger partial charge is 0.311 e. The lowest BCUT2D eigenvalue weighted by atomic mass is 10.1. The number of carbonyl (C=O) groups excluding carboxylic acids is 2. The summed E-state index contributed by atoms with van der Waals surface area (Å²) < 4.78 is 5.56. The molecule has 2 aromatic rings. The molecule has 0 spiro atoms. The van der Waals surface area contributed by atoms with Crippen LogP contribution in [0.4, 0.5) is 0 Å². The Morgan fingerprint density at radius 1 is 1.38 bits per heavy atom. The number of thiazole rings is 2. The van der Waals surface area contributed by atoms with Crippen LogP contribution in [-0.4, -0.2) is 34.1 Å². The van der Waals surface area contributed by atoms with Crippen LogP contribution in [0.5, 0.6) is 0 Å². The lowest BCUT2D eigenvalue weighted by Crippen LogP contribution is -2.13. The van der Waals surface area contributed by atoms with E-state index in [0.29, 0.717) is 21.6 Å². The van der Waals surface area contributed by atoms with Crippen molar-refractivity contribution >= 4 is 46.2 Å². The van der Waals surface area contributed by atoms with Gasteiger partial charge in [-0.05, 0) is 13.8 Å². The van der Waals surface area contributed by atoms with Gasteiger partial charge in [-0.1, -0.05) is 11.8 Å². The fourth-order valence-corrected chi connectivity index (χ4v) is 4.39. The molecule has 0 aliphatic rings. The monoisotopic (exact) mass is 381 g/mol. The first-order valence-corrected chi connectivity index (χ1v) is 9.85. The molecule has 1 unspecified atom stereocenters. The zero-order valence-electron chi connectivity index (χ0n) is 13.1. The van der Waals surface area contributed by atoms with E-state index in [1.165, 1.54) is 34.4 Å². The zero-order chi connectivity index (χ0) is 17.5. The van der Waals surface area contributed by atoms with Crippen molar-refractivity contribution in [1.82, 2.24) is 9.97 Å². The van der Waals surface area contributed by atoms with Crippen molar-refractivity contribution in [3.63, 3.8) is 0 Å². The van der Waals surface area contributed by atoms with E-state index in [-0.39, 0.29) is 23.9 Å². The average molecular weight is 382 g/mol. The summed E-state index contributed by atoms with van der Waals surface area (Å²) >= 11 is 3.95. The van der Waals surface area contributed by atoms with Gasteiger partial charge in [-0.3, -0.25) is 9.59 Å². The van der Waals surface area contributed by atoms with Gasteiger partial charge in [0.1, 0.15) is 5.01 Å². The maximum atomic E-state index is 12.3. The molecule has 0 aromatic carbocycles. The van der Waals surface area contributed by atoms with Crippen molar-refractivity contribution in [1.29, 1.82) is 5.26 Å². The number of aromatic nitrogens is 2. The number of esters is 1. The minimum atomic E-state index is -0.838. The summed E-state index contributed by atoms with van der Waals surface area (Å²) in [6, 6.07) is 2.02. The summed E-state index contributed by atoms with van der Waals surface area (Å²) in [7, 11) is 0. The van der Waals surface area contributed by atoms with Crippen molar-refractivity contribution in [2.75, 3.05) is 12.4 Å². The van der Waals surface area contributed by atoms with Gasteiger partial charge < -0.3 is 4.74 Å². The number of thioether (sulfide) groups is 1. The molecule has 0 aliphatic carbocycles. The molecule has 9 heteroatoms. The second-order valence-corrected chi connectivity index (χ2v) is 7.70. The number of ether oxygens (including phenoxy) is 1. The average Bonchev–Trinajstić information content (AvgIpc) is 3.15. The van der Waals surface area contributed by atoms with E-state index >= 15 is 0 Å². The molecule has 0 amide bonds. The van der Waals surface area contributed by atoms with E-state index in [1.54, 1.807) is 12.3 Å². The van der Waals surface area contributed by atoms with Crippen molar-refractivity contribution in [2.45, 2.75) is 30.5 Å². The van der Waals surface area contributed by atoms with E-state index < -0.39 is 5.92 Å². The Morgan fingerprint density at radius 2 is 2.17 bits per heavy atom. The minimum absolute atomic E-state index is 0.123. The molecule has 0 fully saturated rings.